The third-order valence-electron chi connectivity index (χ3n) is 5.83. The Morgan fingerprint density at radius 3 is 2.38 bits per heavy atom. The van der Waals surface area contributed by atoms with Crippen molar-refractivity contribution >= 4 is 24.1 Å². The number of rotatable bonds is 8. The minimum atomic E-state index is -0.377. The van der Waals surface area contributed by atoms with Crippen molar-refractivity contribution in [3.05, 3.63) is 11.6 Å². The summed E-state index contributed by atoms with van der Waals surface area (Å²) in [6, 6.07) is -0.659. The summed E-state index contributed by atoms with van der Waals surface area (Å²) in [6.45, 7) is 7.76. The van der Waals surface area contributed by atoms with E-state index >= 15 is 0 Å². The predicted molar refractivity (Wildman–Crippen MR) is 110 cm³/mol. The van der Waals surface area contributed by atoms with Crippen molar-refractivity contribution in [2.75, 3.05) is 33.2 Å². The van der Waals surface area contributed by atoms with Gasteiger partial charge in [0, 0.05) is 32.3 Å². The molecule has 0 aromatic heterocycles. The Morgan fingerprint density at radius 2 is 1.79 bits per heavy atom. The van der Waals surface area contributed by atoms with Gasteiger partial charge in [0.1, 0.15) is 6.04 Å². The molecule has 162 valence electrons. The lowest BCUT2D eigenvalue weighted by Crippen LogP contribution is -2.47. The van der Waals surface area contributed by atoms with E-state index in [0.717, 1.165) is 32.4 Å². The summed E-state index contributed by atoms with van der Waals surface area (Å²) in [4.78, 5) is 53.8. The van der Waals surface area contributed by atoms with Gasteiger partial charge in [0.25, 0.3) is 0 Å². The first-order valence-corrected chi connectivity index (χ1v) is 10.5. The highest BCUT2D eigenvalue weighted by Crippen LogP contribution is 2.24. The average Bonchev–Trinajstić information content (AvgIpc) is 3.40. The fourth-order valence-electron chi connectivity index (χ4n) is 4.14. The molecule has 2 aliphatic rings. The topological polar surface area (TPSA) is 90.0 Å². The van der Waals surface area contributed by atoms with E-state index in [1.165, 1.54) is 0 Å². The van der Waals surface area contributed by atoms with Crippen LogP contribution in [0.25, 0.3) is 0 Å². The standard InChI is InChI=1S/C21H34N4O4/c1-15(2)18(23(4)19(27)13-22-14-26)12-16(3)20(28)25-11-7-8-17(25)21(29)24-9-5-6-10-24/h12,14-15,17-18H,5-11,13H2,1-4H3,(H,22,26)/t17-,18?/m0/s1. The second kappa shape index (κ2) is 10.4. The Kier molecular flexibility index (Phi) is 8.22. The van der Waals surface area contributed by atoms with Gasteiger partial charge < -0.3 is 20.0 Å². The summed E-state index contributed by atoms with van der Waals surface area (Å²) in [5.41, 5.74) is 0.535. The lowest BCUT2D eigenvalue weighted by molar-refractivity contribution is -0.141. The fourth-order valence-corrected chi connectivity index (χ4v) is 4.14. The van der Waals surface area contributed by atoms with Gasteiger partial charge in [0.15, 0.2) is 0 Å². The molecule has 1 unspecified atom stereocenters. The Labute approximate surface area is 173 Å². The Bertz CT molecular complexity index is 655. The zero-order chi connectivity index (χ0) is 21.6. The van der Waals surface area contributed by atoms with Crippen LogP contribution < -0.4 is 5.32 Å². The number of likely N-dealkylation sites (N-methyl/N-ethyl adjacent to an activating group) is 1. The molecular weight excluding hydrogens is 372 g/mol. The number of nitrogens with one attached hydrogen (secondary N) is 1. The van der Waals surface area contributed by atoms with Crippen molar-refractivity contribution in [3.8, 4) is 0 Å². The quantitative estimate of drug-likeness (QED) is 0.476. The summed E-state index contributed by atoms with van der Waals surface area (Å²) in [5, 5.41) is 2.38. The van der Waals surface area contributed by atoms with Crippen molar-refractivity contribution in [2.24, 2.45) is 5.92 Å². The smallest absolute Gasteiger partial charge is 0.249 e. The Hall–Kier alpha value is -2.38. The van der Waals surface area contributed by atoms with Gasteiger partial charge in [-0.25, -0.2) is 0 Å². The van der Waals surface area contributed by atoms with Crippen LogP contribution in [-0.2, 0) is 19.2 Å². The number of likely N-dealkylation sites (tertiary alicyclic amines) is 2. The molecule has 0 spiro atoms. The molecule has 2 aliphatic heterocycles. The van der Waals surface area contributed by atoms with E-state index in [1.807, 2.05) is 24.8 Å². The maximum Gasteiger partial charge on any atom is 0.249 e. The number of carbonyl (C=O) groups excluding carboxylic acids is 4. The summed E-state index contributed by atoms with van der Waals surface area (Å²) >= 11 is 0. The number of carbonyl (C=O) groups is 4. The molecule has 2 rings (SSSR count). The van der Waals surface area contributed by atoms with Crippen LogP contribution in [-0.4, -0.2) is 84.1 Å². The first kappa shape index (κ1) is 22.9. The molecule has 4 amide bonds. The van der Waals surface area contributed by atoms with Gasteiger partial charge >= 0.3 is 0 Å². The second-order valence-electron chi connectivity index (χ2n) is 8.28. The van der Waals surface area contributed by atoms with Crippen LogP contribution in [0.2, 0.25) is 0 Å². The Morgan fingerprint density at radius 1 is 1.14 bits per heavy atom. The molecule has 2 fully saturated rings. The van der Waals surface area contributed by atoms with Crippen LogP contribution in [0.5, 0.6) is 0 Å². The molecule has 1 N–H and O–H groups in total. The molecule has 2 atom stereocenters. The van der Waals surface area contributed by atoms with E-state index in [-0.39, 0.29) is 42.3 Å². The summed E-state index contributed by atoms with van der Waals surface area (Å²) in [5.74, 6) is -0.217. The molecule has 2 saturated heterocycles. The van der Waals surface area contributed by atoms with Gasteiger partial charge in [-0.1, -0.05) is 19.9 Å². The van der Waals surface area contributed by atoms with E-state index in [9.17, 15) is 19.2 Å². The van der Waals surface area contributed by atoms with Crippen LogP contribution in [0, 0.1) is 5.92 Å². The maximum absolute atomic E-state index is 13.1. The van der Waals surface area contributed by atoms with E-state index < -0.39 is 0 Å². The number of amides is 4. The van der Waals surface area contributed by atoms with Crippen LogP contribution in [0.15, 0.2) is 11.6 Å². The fraction of sp³-hybridized carbons (Fsp3) is 0.714. The van der Waals surface area contributed by atoms with Gasteiger partial charge in [0.2, 0.25) is 24.1 Å². The van der Waals surface area contributed by atoms with Crippen molar-refractivity contribution in [1.82, 2.24) is 20.0 Å². The average molecular weight is 407 g/mol. The summed E-state index contributed by atoms with van der Waals surface area (Å²) < 4.78 is 0. The van der Waals surface area contributed by atoms with Gasteiger partial charge in [-0.2, -0.15) is 0 Å². The van der Waals surface area contributed by atoms with Crippen molar-refractivity contribution in [2.45, 2.75) is 58.5 Å². The second-order valence-corrected chi connectivity index (χ2v) is 8.28. The number of hydrogen-bond donors (Lipinski definition) is 1. The highest BCUT2D eigenvalue weighted by atomic mass is 16.2. The van der Waals surface area contributed by atoms with E-state index in [4.69, 9.17) is 0 Å². The van der Waals surface area contributed by atoms with Crippen molar-refractivity contribution in [3.63, 3.8) is 0 Å². The minimum absolute atomic E-state index is 0.0637. The molecule has 0 radical (unpaired) electrons. The van der Waals surface area contributed by atoms with Crippen LogP contribution in [0.4, 0.5) is 0 Å². The molecule has 0 aromatic carbocycles. The first-order valence-electron chi connectivity index (χ1n) is 10.5. The first-order chi connectivity index (χ1) is 13.8. The van der Waals surface area contributed by atoms with E-state index in [2.05, 4.69) is 5.32 Å². The third kappa shape index (κ3) is 5.58. The molecule has 0 aromatic rings. The largest absolute Gasteiger partial charge is 0.350 e. The summed E-state index contributed by atoms with van der Waals surface area (Å²) in [7, 11) is 1.67. The zero-order valence-corrected chi connectivity index (χ0v) is 18.0. The SMILES string of the molecule is CC(=CC(C(C)C)N(C)C(=O)CNC=O)C(=O)N1CCC[C@H]1C(=O)N1CCCC1. The van der Waals surface area contributed by atoms with Crippen LogP contribution in [0.3, 0.4) is 0 Å². The van der Waals surface area contributed by atoms with Gasteiger partial charge in [0.05, 0.1) is 12.6 Å². The van der Waals surface area contributed by atoms with Crippen molar-refractivity contribution in [1.29, 1.82) is 0 Å². The van der Waals surface area contributed by atoms with Gasteiger partial charge in [-0.3, -0.25) is 19.2 Å². The third-order valence-corrected chi connectivity index (χ3v) is 5.83. The molecule has 2 heterocycles. The van der Waals surface area contributed by atoms with Gasteiger partial charge in [-0.15, -0.1) is 0 Å². The molecule has 8 nitrogen and oxygen atoms in total. The van der Waals surface area contributed by atoms with E-state index in [1.54, 1.807) is 23.8 Å². The van der Waals surface area contributed by atoms with Crippen molar-refractivity contribution < 1.29 is 19.2 Å². The Balaban J connectivity index is 2.12. The zero-order valence-electron chi connectivity index (χ0n) is 18.0. The van der Waals surface area contributed by atoms with Crippen LogP contribution >= 0.6 is 0 Å². The van der Waals surface area contributed by atoms with E-state index in [0.29, 0.717) is 24.9 Å². The number of nitrogens with zero attached hydrogens (tertiary/aromatic N) is 3. The molecule has 29 heavy (non-hydrogen) atoms. The lowest BCUT2D eigenvalue weighted by Gasteiger charge is -2.31. The monoisotopic (exact) mass is 406 g/mol. The molecule has 0 aliphatic carbocycles. The highest BCUT2D eigenvalue weighted by molar-refractivity contribution is 5.97. The normalized spacial score (nSPS) is 20.7. The lowest BCUT2D eigenvalue weighted by atomic mass is 9.99. The maximum atomic E-state index is 13.1. The molecule has 8 heteroatoms. The minimum Gasteiger partial charge on any atom is -0.350 e. The van der Waals surface area contributed by atoms with Gasteiger partial charge in [-0.05, 0) is 38.5 Å². The van der Waals surface area contributed by atoms with Crippen LogP contribution in [0.1, 0.15) is 46.5 Å². The molecular formula is C21H34N4O4. The summed E-state index contributed by atoms with van der Waals surface area (Å²) in [6.07, 6.45) is 5.89. The molecule has 0 saturated carbocycles. The molecule has 0 bridgehead atoms. The predicted octanol–water partition coefficient (Wildman–Crippen LogP) is 0.775. The number of hydrogen-bond acceptors (Lipinski definition) is 4. The highest BCUT2D eigenvalue weighted by Gasteiger charge is 2.37.